The second-order valence-corrected chi connectivity index (χ2v) is 9.46. The van der Waals surface area contributed by atoms with E-state index in [0.717, 1.165) is 38.5 Å². The van der Waals surface area contributed by atoms with Gasteiger partial charge < -0.3 is 25.6 Å². The molecule has 2 fully saturated rings. The van der Waals surface area contributed by atoms with Gasteiger partial charge in [-0.1, -0.05) is 19.3 Å². The fraction of sp³-hybridized carbons (Fsp3) is 0.500. The van der Waals surface area contributed by atoms with E-state index in [9.17, 15) is 14.7 Å². The van der Waals surface area contributed by atoms with Crippen LogP contribution in [0.4, 0.5) is 17.3 Å². The Morgan fingerprint density at radius 2 is 2.06 bits per heavy atom. The topological polar surface area (TPSA) is 126 Å². The molecule has 180 valence electrons. The summed E-state index contributed by atoms with van der Waals surface area (Å²) in [5.74, 6) is 0.781. The molecule has 3 heterocycles. The van der Waals surface area contributed by atoms with E-state index in [-0.39, 0.29) is 29.5 Å². The van der Waals surface area contributed by atoms with Crippen LogP contribution in [0.1, 0.15) is 61.3 Å². The summed E-state index contributed by atoms with van der Waals surface area (Å²) in [5, 5.41) is 23.0. The molecule has 0 bridgehead atoms. The highest BCUT2D eigenvalue weighted by Gasteiger charge is 2.42. The van der Waals surface area contributed by atoms with Crippen LogP contribution < -0.4 is 21.5 Å². The van der Waals surface area contributed by atoms with Crippen molar-refractivity contribution in [2.24, 2.45) is 5.41 Å². The normalized spacial score (nSPS) is 17.5. The Labute approximate surface area is 197 Å². The van der Waals surface area contributed by atoms with Crippen molar-refractivity contribution in [3.8, 4) is 0 Å². The van der Waals surface area contributed by atoms with Gasteiger partial charge in [-0.25, -0.2) is 4.98 Å². The maximum Gasteiger partial charge on any atom is 0.274 e. The summed E-state index contributed by atoms with van der Waals surface area (Å²) in [7, 11) is 1.76. The van der Waals surface area contributed by atoms with Crippen molar-refractivity contribution in [2.75, 3.05) is 30.8 Å². The summed E-state index contributed by atoms with van der Waals surface area (Å²) in [6.07, 6.45) is 10.7. The Morgan fingerprint density at radius 1 is 1.26 bits per heavy atom. The molecule has 2 aliphatic carbocycles. The maximum absolute atomic E-state index is 13.2. The number of hydrogen-bond donors (Lipinski definition) is 4. The fourth-order valence-corrected chi connectivity index (χ4v) is 4.69. The summed E-state index contributed by atoms with van der Waals surface area (Å²) in [6, 6.07) is 5.61. The van der Waals surface area contributed by atoms with Crippen LogP contribution in [0.5, 0.6) is 0 Å². The first kappa shape index (κ1) is 22.4. The number of nitrogens with one attached hydrogen (secondary N) is 3. The molecule has 2 aliphatic rings. The number of aliphatic hydroxyl groups is 1. The molecule has 34 heavy (non-hydrogen) atoms. The van der Waals surface area contributed by atoms with Gasteiger partial charge in [0.25, 0.3) is 11.5 Å². The Kier molecular flexibility index (Phi) is 5.99. The third-order valence-electron chi connectivity index (χ3n) is 7.09. The number of nitrogens with zero attached hydrogens (tertiary/aromatic N) is 4. The van der Waals surface area contributed by atoms with Gasteiger partial charge in [-0.05, 0) is 37.8 Å². The second kappa shape index (κ2) is 9.09. The first-order valence-corrected chi connectivity index (χ1v) is 12.0. The quantitative estimate of drug-likeness (QED) is 0.403. The molecule has 3 aromatic heterocycles. The minimum absolute atomic E-state index is 0.0632. The molecule has 0 spiro atoms. The summed E-state index contributed by atoms with van der Waals surface area (Å²) in [4.78, 5) is 30.7. The lowest BCUT2D eigenvalue weighted by Gasteiger charge is -2.24. The number of fused-ring (bicyclic) bond motifs is 1. The molecule has 0 unspecified atom stereocenters. The van der Waals surface area contributed by atoms with Crippen molar-refractivity contribution in [1.29, 1.82) is 0 Å². The lowest BCUT2D eigenvalue weighted by Crippen LogP contribution is -2.31. The molecule has 1 amide bonds. The van der Waals surface area contributed by atoms with Gasteiger partial charge in [0.1, 0.15) is 22.9 Å². The number of aliphatic hydroxyl groups excluding tert-OH is 1. The number of anilines is 3. The lowest BCUT2D eigenvalue weighted by molar-refractivity contribution is 0.0936. The number of hydrogen-bond acceptors (Lipinski definition) is 7. The Bertz CT molecular complexity index is 1260. The number of carbonyl (C=O) groups excluding carboxylic acids is 1. The molecule has 0 saturated heterocycles. The van der Waals surface area contributed by atoms with Crippen molar-refractivity contribution in [1.82, 2.24) is 24.5 Å². The van der Waals surface area contributed by atoms with E-state index in [1.807, 2.05) is 16.8 Å². The van der Waals surface area contributed by atoms with Crippen LogP contribution in [0.2, 0.25) is 0 Å². The summed E-state index contributed by atoms with van der Waals surface area (Å²) in [6.45, 7) is 0.481. The maximum atomic E-state index is 13.2. The monoisotopic (exact) mass is 465 g/mol. The summed E-state index contributed by atoms with van der Waals surface area (Å²) < 4.78 is 3.38. The van der Waals surface area contributed by atoms with Crippen LogP contribution in [0.3, 0.4) is 0 Å². The van der Waals surface area contributed by atoms with E-state index in [1.54, 1.807) is 23.7 Å². The third kappa shape index (κ3) is 4.25. The highest BCUT2D eigenvalue weighted by molar-refractivity contribution is 6.00. The average molecular weight is 466 g/mol. The van der Waals surface area contributed by atoms with Crippen LogP contribution in [0, 0.1) is 5.41 Å². The summed E-state index contributed by atoms with van der Waals surface area (Å²) in [5.41, 5.74) is 0.884. The number of rotatable bonds is 8. The van der Waals surface area contributed by atoms with E-state index in [2.05, 4.69) is 26.0 Å². The zero-order valence-corrected chi connectivity index (χ0v) is 19.4. The van der Waals surface area contributed by atoms with Gasteiger partial charge in [-0.15, -0.1) is 0 Å². The van der Waals surface area contributed by atoms with Gasteiger partial charge in [0, 0.05) is 37.3 Å². The van der Waals surface area contributed by atoms with Gasteiger partial charge in [0.05, 0.1) is 12.8 Å². The number of carbonyl (C=O) groups is 1. The number of aromatic nitrogens is 4. The Hall–Kier alpha value is -3.40. The predicted molar refractivity (Wildman–Crippen MR) is 130 cm³/mol. The zero-order chi connectivity index (χ0) is 23.7. The zero-order valence-electron chi connectivity index (χ0n) is 19.4. The van der Waals surface area contributed by atoms with Crippen molar-refractivity contribution >= 4 is 28.9 Å². The third-order valence-corrected chi connectivity index (χ3v) is 7.09. The van der Waals surface area contributed by atoms with E-state index >= 15 is 0 Å². The highest BCUT2D eigenvalue weighted by Crippen LogP contribution is 2.44. The molecule has 0 aliphatic heterocycles. The standard InChI is InChI=1S/C24H31N7O3/c1-25-20-12-19(28-18-8-5-11-30(23(18)34)16-6-3-2-4-7-16)29-21-17(13-27-31(20)21)22(33)26-14-24(15-32)9-10-24/h5,8,11-13,16,25,32H,2-4,6-7,9-10,14-15H2,1H3,(H,26,33)(H,28,29). The molecular formula is C24H31N7O3. The molecule has 0 radical (unpaired) electrons. The van der Waals surface area contributed by atoms with E-state index in [4.69, 9.17) is 0 Å². The molecule has 3 aromatic rings. The second-order valence-electron chi connectivity index (χ2n) is 9.46. The molecule has 0 atom stereocenters. The minimum Gasteiger partial charge on any atom is -0.396 e. The Morgan fingerprint density at radius 3 is 2.76 bits per heavy atom. The van der Waals surface area contributed by atoms with Crippen molar-refractivity contribution in [2.45, 2.75) is 51.0 Å². The number of pyridine rings is 1. The predicted octanol–water partition coefficient (Wildman–Crippen LogP) is 2.68. The lowest BCUT2D eigenvalue weighted by atomic mass is 9.95. The van der Waals surface area contributed by atoms with Gasteiger partial charge in [0.15, 0.2) is 5.65 Å². The molecule has 2 saturated carbocycles. The van der Waals surface area contributed by atoms with E-state index < -0.39 is 0 Å². The van der Waals surface area contributed by atoms with Crippen molar-refractivity contribution in [3.05, 3.63) is 46.5 Å². The van der Waals surface area contributed by atoms with Crippen LogP contribution in [-0.4, -0.2) is 50.4 Å². The van der Waals surface area contributed by atoms with Gasteiger partial charge in [0.2, 0.25) is 0 Å². The first-order chi connectivity index (χ1) is 16.5. The van der Waals surface area contributed by atoms with Crippen LogP contribution >= 0.6 is 0 Å². The SMILES string of the molecule is CNc1cc(Nc2cccn(C3CCCCC3)c2=O)nc2c(C(=O)NCC3(CO)CC3)cnn12. The number of amides is 1. The average Bonchev–Trinajstić information content (AvgIpc) is 3.53. The molecule has 0 aromatic carbocycles. The molecular weight excluding hydrogens is 434 g/mol. The Balaban J connectivity index is 1.43. The van der Waals surface area contributed by atoms with Gasteiger partial charge >= 0.3 is 0 Å². The van der Waals surface area contributed by atoms with Crippen LogP contribution in [-0.2, 0) is 0 Å². The first-order valence-electron chi connectivity index (χ1n) is 12.0. The van der Waals surface area contributed by atoms with Crippen molar-refractivity contribution in [3.63, 3.8) is 0 Å². The highest BCUT2D eigenvalue weighted by atomic mass is 16.3. The molecule has 5 rings (SSSR count). The minimum atomic E-state index is -0.291. The molecule has 4 N–H and O–H groups in total. The van der Waals surface area contributed by atoms with E-state index in [1.165, 1.54) is 12.6 Å². The molecule has 10 heteroatoms. The van der Waals surface area contributed by atoms with Crippen molar-refractivity contribution < 1.29 is 9.90 Å². The van der Waals surface area contributed by atoms with Crippen LogP contribution in [0.15, 0.2) is 35.4 Å². The fourth-order valence-electron chi connectivity index (χ4n) is 4.69. The largest absolute Gasteiger partial charge is 0.396 e. The summed E-state index contributed by atoms with van der Waals surface area (Å²) >= 11 is 0. The van der Waals surface area contributed by atoms with Gasteiger partial charge in [-0.3, -0.25) is 9.59 Å². The smallest absolute Gasteiger partial charge is 0.274 e. The van der Waals surface area contributed by atoms with Crippen LogP contribution in [0.25, 0.3) is 5.65 Å². The molecule has 10 nitrogen and oxygen atoms in total. The van der Waals surface area contributed by atoms with Gasteiger partial charge in [-0.2, -0.15) is 9.61 Å². The van der Waals surface area contributed by atoms with E-state index in [0.29, 0.717) is 35.1 Å².